The summed E-state index contributed by atoms with van der Waals surface area (Å²) in [4.78, 5) is 14.5. The first-order valence-corrected chi connectivity index (χ1v) is 7.35. The van der Waals surface area contributed by atoms with Gasteiger partial charge in [0.15, 0.2) is 0 Å². The van der Waals surface area contributed by atoms with Crippen LogP contribution in [0.5, 0.6) is 0 Å². The molecule has 0 fully saturated rings. The molecule has 0 aromatic heterocycles. The van der Waals surface area contributed by atoms with Crippen molar-refractivity contribution in [2.45, 2.75) is 25.8 Å². The number of benzene rings is 2. The molecule has 3 heteroatoms. The molecule has 0 saturated heterocycles. The van der Waals surface area contributed by atoms with Crippen LogP contribution in [0.3, 0.4) is 0 Å². The summed E-state index contributed by atoms with van der Waals surface area (Å²) in [5, 5.41) is 0. The minimum Gasteiger partial charge on any atom is -0.324 e. The average Bonchev–Trinajstić information content (AvgIpc) is 2.48. The Hall–Kier alpha value is -2.13. The van der Waals surface area contributed by atoms with Crippen LogP contribution in [0.1, 0.15) is 29.2 Å². The zero-order valence-electron chi connectivity index (χ0n) is 12.3. The molecule has 1 heterocycles. The first-order chi connectivity index (χ1) is 10.1. The van der Waals surface area contributed by atoms with E-state index in [4.69, 9.17) is 5.73 Å². The van der Waals surface area contributed by atoms with Gasteiger partial charge in [0.2, 0.25) is 5.91 Å². The number of hydrogen-bond acceptors (Lipinski definition) is 2. The second kappa shape index (κ2) is 5.70. The summed E-state index contributed by atoms with van der Waals surface area (Å²) in [5.41, 5.74) is 10.4. The number of para-hydroxylation sites is 1. The molecular formula is C18H20N2O. The van der Waals surface area contributed by atoms with Crippen LogP contribution in [-0.2, 0) is 11.2 Å². The molecule has 108 valence electrons. The van der Waals surface area contributed by atoms with E-state index in [2.05, 4.69) is 6.07 Å². The van der Waals surface area contributed by atoms with Crippen molar-refractivity contribution >= 4 is 11.6 Å². The average molecular weight is 280 g/mol. The molecule has 0 saturated carbocycles. The van der Waals surface area contributed by atoms with E-state index in [0.29, 0.717) is 13.0 Å². The van der Waals surface area contributed by atoms with Crippen molar-refractivity contribution in [3.63, 3.8) is 0 Å². The lowest BCUT2D eigenvalue weighted by molar-refractivity contribution is -0.118. The SMILES string of the molecule is Cc1cccc(CC(=O)N2CCC(N)c3ccccc32)c1. The normalized spacial score (nSPS) is 17.4. The Balaban J connectivity index is 1.84. The summed E-state index contributed by atoms with van der Waals surface area (Å²) in [7, 11) is 0. The van der Waals surface area contributed by atoms with E-state index in [1.54, 1.807) is 0 Å². The van der Waals surface area contributed by atoms with Crippen molar-refractivity contribution in [3.8, 4) is 0 Å². The van der Waals surface area contributed by atoms with Crippen LogP contribution in [0.2, 0.25) is 0 Å². The summed E-state index contributed by atoms with van der Waals surface area (Å²) in [5.74, 6) is 0.139. The van der Waals surface area contributed by atoms with Gasteiger partial charge in [-0.3, -0.25) is 4.79 Å². The Morgan fingerprint density at radius 2 is 2.05 bits per heavy atom. The van der Waals surface area contributed by atoms with Crippen LogP contribution in [0.4, 0.5) is 5.69 Å². The largest absolute Gasteiger partial charge is 0.324 e. The summed E-state index contributed by atoms with van der Waals surface area (Å²) in [6.07, 6.45) is 1.25. The highest BCUT2D eigenvalue weighted by Gasteiger charge is 2.26. The minimum absolute atomic E-state index is 0.0317. The summed E-state index contributed by atoms with van der Waals surface area (Å²) in [6, 6.07) is 16.1. The zero-order chi connectivity index (χ0) is 14.8. The molecule has 2 aromatic carbocycles. The third-order valence-electron chi connectivity index (χ3n) is 4.03. The maximum atomic E-state index is 12.6. The van der Waals surface area contributed by atoms with Crippen LogP contribution in [0.15, 0.2) is 48.5 Å². The predicted molar refractivity (Wildman–Crippen MR) is 85.2 cm³/mol. The Bertz CT molecular complexity index is 666. The lowest BCUT2D eigenvalue weighted by Gasteiger charge is -2.32. The van der Waals surface area contributed by atoms with Gasteiger partial charge in [-0.25, -0.2) is 0 Å². The highest BCUT2D eigenvalue weighted by atomic mass is 16.2. The Morgan fingerprint density at radius 1 is 1.24 bits per heavy atom. The standard InChI is InChI=1S/C18H20N2O/c1-13-5-4-6-14(11-13)12-18(21)20-10-9-16(19)15-7-2-3-8-17(15)20/h2-8,11,16H,9-10,12,19H2,1H3. The number of anilines is 1. The quantitative estimate of drug-likeness (QED) is 0.919. The van der Waals surface area contributed by atoms with Gasteiger partial charge >= 0.3 is 0 Å². The molecule has 3 rings (SSSR count). The minimum atomic E-state index is 0.0317. The number of rotatable bonds is 2. The first-order valence-electron chi connectivity index (χ1n) is 7.35. The predicted octanol–water partition coefficient (Wildman–Crippen LogP) is 2.97. The number of hydrogen-bond donors (Lipinski definition) is 1. The number of carbonyl (C=O) groups is 1. The number of amides is 1. The molecule has 1 aliphatic heterocycles. The van der Waals surface area contributed by atoms with Gasteiger partial charge in [0.05, 0.1) is 6.42 Å². The van der Waals surface area contributed by atoms with Crippen LogP contribution in [0.25, 0.3) is 0 Å². The van der Waals surface area contributed by atoms with Crippen molar-refractivity contribution in [2.24, 2.45) is 5.73 Å². The molecule has 1 unspecified atom stereocenters. The Kier molecular flexibility index (Phi) is 3.76. The maximum absolute atomic E-state index is 12.6. The fourth-order valence-corrected chi connectivity index (χ4v) is 2.94. The lowest BCUT2D eigenvalue weighted by atomic mass is 9.96. The molecule has 2 aromatic rings. The molecule has 0 aliphatic carbocycles. The van der Waals surface area contributed by atoms with Gasteiger partial charge in [0.1, 0.15) is 0 Å². The zero-order valence-corrected chi connectivity index (χ0v) is 12.3. The smallest absolute Gasteiger partial charge is 0.231 e. The second-order valence-electron chi connectivity index (χ2n) is 5.67. The van der Waals surface area contributed by atoms with Crippen molar-refractivity contribution in [3.05, 3.63) is 65.2 Å². The topological polar surface area (TPSA) is 46.3 Å². The van der Waals surface area contributed by atoms with Crippen molar-refractivity contribution < 1.29 is 4.79 Å². The second-order valence-corrected chi connectivity index (χ2v) is 5.67. The maximum Gasteiger partial charge on any atom is 0.231 e. The molecule has 2 N–H and O–H groups in total. The summed E-state index contributed by atoms with van der Waals surface area (Å²) < 4.78 is 0. The van der Waals surface area contributed by atoms with Gasteiger partial charge in [-0.05, 0) is 30.5 Å². The van der Waals surface area contributed by atoms with Gasteiger partial charge in [0.25, 0.3) is 0 Å². The fourth-order valence-electron chi connectivity index (χ4n) is 2.94. The number of nitrogens with two attached hydrogens (primary N) is 1. The van der Waals surface area contributed by atoms with E-state index >= 15 is 0 Å². The molecule has 0 spiro atoms. The van der Waals surface area contributed by atoms with Crippen LogP contribution >= 0.6 is 0 Å². The molecule has 0 radical (unpaired) electrons. The van der Waals surface area contributed by atoms with E-state index in [-0.39, 0.29) is 11.9 Å². The van der Waals surface area contributed by atoms with Gasteiger partial charge in [-0.2, -0.15) is 0 Å². The number of nitrogens with zero attached hydrogens (tertiary/aromatic N) is 1. The molecule has 1 aliphatic rings. The van der Waals surface area contributed by atoms with Gasteiger partial charge in [0, 0.05) is 18.3 Å². The summed E-state index contributed by atoms with van der Waals surface area (Å²) >= 11 is 0. The van der Waals surface area contributed by atoms with Crippen molar-refractivity contribution in [1.82, 2.24) is 0 Å². The van der Waals surface area contributed by atoms with E-state index in [0.717, 1.165) is 23.2 Å². The Labute approximate surface area is 125 Å². The lowest BCUT2D eigenvalue weighted by Crippen LogP contribution is -2.39. The highest BCUT2D eigenvalue weighted by Crippen LogP contribution is 2.32. The van der Waals surface area contributed by atoms with Crippen LogP contribution in [0, 0.1) is 6.92 Å². The number of fused-ring (bicyclic) bond motifs is 1. The first kappa shape index (κ1) is 13.8. The third-order valence-corrected chi connectivity index (χ3v) is 4.03. The number of aryl methyl sites for hydroxylation is 1. The van der Waals surface area contributed by atoms with Gasteiger partial charge in [-0.1, -0.05) is 48.0 Å². The molecule has 0 bridgehead atoms. The fraction of sp³-hybridized carbons (Fsp3) is 0.278. The Morgan fingerprint density at radius 3 is 2.86 bits per heavy atom. The highest BCUT2D eigenvalue weighted by molar-refractivity contribution is 5.96. The molecule has 21 heavy (non-hydrogen) atoms. The van der Waals surface area contributed by atoms with Gasteiger partial charge < -0.3 is 10.6 Å². The van der Waals surface area contributed by atoms with Crippen LogP contribution in [-0.4, -0.2) is 12.5 Å². The van der Waals surface area contributed by atoms with E-state index in [1.807, 2.05) is 54.3 Å². The number of carbonyl (C=O) groups excluding carboxylic acids is 1. The molecule has 1 amide bonds. The monoisotopic (exact) mass is 280 g/mol. The molecule has 1 atom stereocenters. The third kappa shape index (κ3) is 2.83. The molecule has 3 nitrogen and oxygen atoms in total. The van der Waals surface area contributed by atoms with Gasteiger partial charge in [-0.15, -0.1) is 0 Å². The van der Waals surface area contributed by atoms with Crippen molar-refractivity contribution in [1.29, 1.82) is 0 Å². The van der Waals surface area contributed by atoms with E-state index in [9.17, 15) is 4.79 Å². The summed E-state index contributed by atoms with van der Waals surface area (Å²) in [6.45, 7) is 2.74. The van der Waals surface area contributed by atoms with E-state index in [1.165, 1.54) is 5.56 Å². The molecular weight excluding hydrogens is 260 g/mol. The van der Waals surface area contributed by atoms with E-state index < -0.39 is 0 Å². The van der Waals surface area contributed by atoms with Crippen molar-refractivity contribution in [2.75, 3.05) is 11.4 Å². The van der Waals surface area contributed by atoms with Crippen LogP contribution < -0.4 is 10.6 Å².